The molecule has 0 spiro atoms. The van der Waals surface area contributed by atoms with Crippen LogP contribution in [0.2, 0.25) is 0 Å². The van der Waals surface area contributed by atoms with Gasteiger partial charge in [-0.15, -0.1) is 0 Å². The highest BCUT2D eigenvalue weighted by Gasteiger charge is 2.22. The highest BCUT2D eigenvalue weighted by Crippen LogP contribution is 2.26. The van der Waals surface area contributed by atoms with Gasteiger partial charge in [0.25, 0.3) is 5.91 Å². The molecular formula is C20H22N2O2. The molecule has 1 heterocycles. The van der Waals surface area contributed by atoms with E-state index in [1.807, 2.05) is 36.4 Å². The number of para-hydroxylation sites is 1. The van der Waals surface area contributed by atoms with Gasteiger partial charge in [-0.05, 0) is 42.2 Å². The van der Waals surface area contributed by atoms with E-state index in [1.54, 1.807) is 17.0 Å². The predicted molar refractivity (Wildman–Crippen MR) is 96.5 cm³/mol. The Balaban J connectivity index is 1.82. The summed E-state index contributed by atoms with van der Waals surface area (Å²) in [5.41, 5.74) is 3.30. The Morgan fingerprint density at radius 3 is 2.62 bits per heavy atom. The number of amides is 2. The first-order chi connectivity index (χ1) is 11.6. The van der Waals surface area contributed by atoms with Crippen molar-refractivity contribution < 1.29 is 9.59 Å². The molecule has 4 nitrogen and oxygen atoms in total. The van der Waals surface area contributed by atoms with Gasteiger partial charge in [0.15, 0.2) is 0 Å². The van der Waals surface area contributed by atoms with Crippen LogP contribution in [0.3, 0.4) is 0 Å². The van der Waals surface area contributed by atoms with Crippen molar-refractivity contribution in [3.05, 3.63) is 59.7 Å². The van der Waals surface area contributed by atoms with Crippen molar-refractivity contribution in [3.8, 4) is 0 Å². The van der Waals surface area contributed by atoms with Crippen LogP contribution in [-0.2, 0) is 4.79 Å². The van der Waals surface area contributed by atoms with Crippen molar-refractivity contribution in [3.63, 3.8) is 0 Å². The first-order valence-electron chi connectivity index (χ1n) is 8.37. The van der Waals surface area contributed by atoms with E-state index < -0.39 is 0 Å². The van der Waals surface area contributed by atoms with Gasteiger partial charge in [0.05, 0.1) is 0 Å². The third-order valence-corrected chi connectivity index (χ3v) is 4.32. The van der Waals surface area contributed by atoms with Gasteiger partial charge >= 0.3 is 0 Å². The topological polar surface area (TPSA) is 49.4 Å². The number of carbonyl (C=O) groups excluding carboxylic acids is 2. The molecule has 0 aromatic heterocycles. The predicted octanol–water partition coefficient (Wildman–Crippen LogP) is 4.19. The highest BCUT2D eigenvalue weighted by molar-refractivity contribution is 6.06. The van der Waals surface area contributed by atoms with Gasteiger partial charge in [-0.25, -0.2) is 0 Å². The van der Waals surface area contributed by atoms with Gasteiger partial charge < -0.3 is 10.2 Å². The van der Waals surface area contributed by atoms with E-state index in [4.69, 9.17) is 0 Å². The molecule has 4 heteroatoms. The summed E-state index contributed by atoms with van der Waals surface area (Å²) < 4.78 is 0. The second kappa shape index (κ2) is 6.87. The minimum absolute atomic E-state index is 0.123. The number of hydrogen-bond donors (Lipinski definition) is 1. The van der Waals surface area contributed by atoms with Gasteiger partial charge in [0, 0.05) is 29.9 Å². The molecular weight excluding hydrogens is 300 g/mol. The van der Waals surface area contributed by atoms with Crippen molar-refractivity contribution in [2.24, 2.45) is 0 Å². The molecule has 2 amide bonds. The smallest absolute Gasteiger partial charge is 0.255 e. The van der Waals surface area contributed by atoms with E-state index in [1.165, 1.54) is 0 Å². The molecule has 0 saturated carbocycles. The summed E-state index contributed by atoms with van der Waals surface area (Å²) in [6, 6.07) is 15.1. The lowest BCUT2D eigenvalue weighted by Gasteiger charge is -2.17. The molecule has 2 aromatic carbocycles. The number of benzene rings is 2. The second-order valence-corrected chi connectivity index (χ2v) is 6.40. The average Bonchev–Trinajstić information content (AvgIpc) is 3.01. The van der Waals surface area contributed by atoms with Crippen molar-refractivity contribution >= 4 is 23.2 Å². The molecule has 124 valence electrons. The summed E-state index contributed by atoms with van der Waals surface area (Å²) in [6.07, 6.45) is 1.45. The third-order valence-electron chi connectivity index (χ3n) is 4.32. The molecule has 3 rings (SSSR count). The van der Waals surface area contributed by atoms with Crippen LogP contribution in [0.4, 0.5) is 11.4 Å². The number of carbonyl (C=O) groups is 2. The Morgan fingerprint density at radius 2 is 1.92 bits per heavy atom. The van der Waals surface area contributed by atoms with Crippen LogP contribution in [0.1, 0.15) is 48.5 Å². The molecule has 1 saturated heterocycles. The summed E-state index contributed by atoms with van der Waals surface area (Å²) in [7, 11) is 0. The number of hydrogen-bond acceptors (Lipinski definition) is 2. The van der Waals surface area contributed by atoms with Crippen molar-refractivity contribution in [2.75, 3.05) is 16.8 Å². The van der Waals surface area contributed by atoms with E-state index in [2.05, 4.69) is 19.2 Å². The molecule has 1 fully saturated rings. The van der Waals surface area contributed by atoms with Crippen LogP contribution in [-0.4, -0.2) is 18.4 Å². The Labute approximate surface area is 142 Å². The van der Waals surface area contributed by atoms with Gasteiger partial charge in [-0.1, -0.05) is 38.1 Å². The molecule has 0 unspecified atom stereocenters. The lowest BCUT2D eigenvalue weighted by Crippen LogP contribution is -2.24. The Bertz CT molecular complexity index is 768. The minimum atomic E-state index is -0.156. The van der Waals surface area contributed by atoms with E-state index in [0.29, 0.717) is 17.9 Å². The fraction of sp³-hybridized carbons (Fsp3) is 0.300. The van der Waals surface area contributed by atoms with Crippen LogP contribution >= 0.6 is 0 Å². The number of anilines is 2. The summed E-state index contributed by atoms with van der Waals surface area (Å²) in [6.45, 7) is 4.93. The van der Waals surface area contributed by atoms with Gasteiger partial charge in [0.2, 0.25) is 5.91 Å². The zero-order chi connectivity index (χ0) is 17.1. The van der Waals surface area contributed by atoms with Crippen LogP contribution < -0.4 is 10.2 Å². The van der Waals surface area contributed by atoms with E-state index in [-0.39, 0.29) is 11.8 Å². The van der Waals surface area contributed by atoms with E-state index in [0.717, 1.165) is 29.9 Å². The maximum absolute atomic E-state index is 12.6. The fourth-order valence-electron chi connectivity index (χ4n) is 3.04. The summed E-state index contributed by atoms with van der Waals surface area (Å²) in [5, 5.41) is 2.99. The molecule has 0 atom stereocenters. The van der Waals surface area contributed by atoms with Crippen LogP contribution in [0.5, 0.6) is 0 Å². The molecule has 0 bridgehead atoms. The van der Waals surface area contributed by atoms with Gasteiger partial charge in [0.1, 0.15) is 0 Å². The number of rotatable bonds is 4. The van der Waals surface area contributed by atoms with E-state index >= 15 is 0 Å². The Hall–Kier alpha value is -2.62. The Kier molecular flexibility index (Phi) is 4.65. The first kappa shape index (κ1) is 16.2. The third kappa shape index (κ3) is 3.32. The summed E-state index contributed by atoms with van der Waals surface area (Å²) in [5.74, 6) is 0.296. The monoisotopic (exact) mass is 322 g/mol. The fourth-order valence-corrected chi connectivity index (χ4v) is 3.04. The normalized spacial score (nSPS) is 14.3. The quantitative estimate of drug-likeness (QED) is 0.917. The first-order valence-corrected chi connectivity index (χ1v) is 8.37. The number of nitrogens with one attached hydrogen (secondary N) is 1. The lowest BCUT2D eigenvalue weighted by molar-refractivity contribution is -0.117. The molecule has 0 radical (unpaired) electrons. The second-order valence-electron chi connectivity index (χ2n) is 6.40. The zero-order valence-electron chi connectivity index (χ0n) is 14.1. The largest absolute Gasteiger partial charge is 0.322 e. The molecule has 24 heavy (non-hydrogen) atoms. The molecule has 1 aliphatic heterocycles. The Morgan fingerprint density at radius 1 is 1.12 bits per heavy atom. The highest BCUT2D eigenvalue weighted by atomic mass is 16.2. The maximum Gasteiger partial charge on any atom is 0.255 e. The standard InChI is InChI=1S/C20H22N2O2/c1-14(2)17-9-3-4-10-18(17)21-20(24)15-7-5-8-16(13-15)22-12-6-11-19(22)23/h3-5,7-10,13-14H,6,11-12H2,1-2H3,(H,21,24). The van der Waals surface area contributed by atoms with Crippen molar-refractivity contribution in [1.29, 1.82) is 0 Å². The van der Waals surface area contributed by atoms with Crippen molar-refractivity contribution in [2.45, 2.75) is 32.6 Å². The summed E-state index contributed by atoms with van der Waals surface area (Å²) >= 11 is 0. The van der Waals surface area contributed by atoms with Gasteiger partial charge in [-0.2, -0.15) is 0 Å². The average molecular weight is 322 g/mol. The van der Waals surface area contributed by atoms with Crippen molar-refractivity contribution in [1.82, 2.24) is 0 Å². The van der Waals surface area contributed by atoms with Crippen LogP contribution in [0.15, 0.2) is 48.5 Å². The zero-order valence-corrected chi connectivity index (χ0v) is 14.1. The summed E-state index contributed by atoms with van der Waals surface area (Å²) in [4.78, 5) is 26.3. The molecule has 1 N–H and O–H groups in total. The SMILES string of the molecule is CC(C)c1ccccc1NC(=O)c1cccc(N2CCCC2=O)c1. The van der Waals surface area contributed by atoms with Crippen LogP contribution in [0, 0.1) is 0 Å². The maximum atomic E-state index is 12.6. The number of nitrogens with zero attached hydrogens (tertiary/aromatic N) is 1. The van der Waals surface area contributed by atoms with Crippen LogP contribution in [0.25, 0.3) is 0 Å². The molecule has 2 aromatic rings. The van der Waals surface area contributed by atoms with Gasteiger partial charge in [-0.3, -0.25) is 9.59 Å². The van der Waals surface area contributed by atoms with E-state index in [9.17, 15) is 9.59 Å². The molecule has 1 aliphatic rings. The lowest BCUT2D eigenvalue weighted by atomic mass is 10.0. The minimum Gasteiger partial charge on any atom is -0.322 e. The molecule has 0 aliphatic carbocycles.